The van der Waals surface area contributed by atoms with E-state index in [4.69, 9.17) is 11.6 Å². The molecule has 0 unspecified atom stereocenters. The van der Waals surface area contributed by atoms with E-state index in [-0.39, 0.29) is 10.8 Å². The summed E-state index contributed by atoms with van der Waals surface area (Å²) in [5.74, 6) is -0.394. The van der Waals surface area contributed by atoms with Crippen LogP contribution < -0.4 is 15.5 Å². The zero-order valence-electron chi connectivity index (χ0n) is 13.8. The van der Waals surface area contributed by atoms with E-state index in [1.807, 2.05) is 4.90 Å². The van der Waals surface area contributed by atoms with Gasteiger partial charge in [-0.15, -0.1) is 0 Å². The predicted molar refractivity (Wildman–Crippen MR) is 99.3 cm³/mol. The largest absolute Gasteiger partial charge is 0.367 e. The van der Waals surface area contributed by atoms with Crippen LogP contribution in [0.1, 0.15) is 0 Å². The Morgan fingerprint density at radius 1 is 1.04 bits per heavy atom. The second-order valence-electron chi connectivity index (χ2n) is 6.03. The van der Waals surface area contributed by atoms with E-state index in [1.165, 1.54) is 24.5 Å². The van der Waals surface area contributed by atoms with Crippen LogP contribution in [0, 0.1) is 11.6 Å². The van der Waals surface area contributed by atoms with Gasteiger partial charge in [-0.3, -0.25) is 0 Å². The van der Waals surface area contributed by atoms with Gasteiger partial charge in [-0.25, -0.2) is 18.7 Å². The molecular formula is C18H16ClF2N5. The van der Waals surface area contributed by atoms with Crippen LogP contribution in [0.3, 0.4) is 0 Å². The molecule has 0 atom stereocenters. The average molecular weight is 376 g/mol. The van der Waals surface area contributed by atoms with E-state index in [0.717, 1.165) is 26.2 Å². The number of hydrogen-bond donors (Lipinski definition) is 2. The second kappa shape index (κ2) is 7.01. The highest BCUT2D eigenvalue weighted by Crippen LogP contribution is 2.30. The van der Waals surface area contributed by atoms with Crippen molar-refractivity contribution < 1.29 is 8.78 Å². The van der Waals surface area contributed by atoms with Gasteiger partial charge in [0.15, 0.2) is 0 Å². The van der Waals surface area contributed by atoms with E-state index in [9.17, 15) is 8.78 Å². The maximum Gasteiger partial charge on any atom is 0.147 e. The molecule has 1 saturated heterocycles. The van der Waals surface area contributed by atoms with Crippen LogP contribution >= 0.6 is 11.6 Å². The summed E-state index contributed by atoms with van der Waals surface area (Å²) in [6, 6.07) is 7.43. The molecule has 0 bridgehead atoms. The molecule has 2 N–H and O–H groups in total. The Hall–Kier alpha value is -2.51. The third kappa shape index (κ3) is 3.27. The Bertz CT molecular complexity index is 960. The molecule has 1 aliphatic heterocycles. The summed E-state index contributed by atoms with van der Waals surface area (Å²) < 4.78 is 28.0. The van der Waals surface area contributed by atoms with E-state index in [1.54, 1.807) is 12.1 Å². The van der Waals surface area contributed by atoms with Crippen LogP contribution in [0.5, 0.6) is 0 Å². The molecule has 3 aromatic rings. The number of anilines is 3. The first-order valence-electron chi connectivity index (χ1n) is 8.24. The monoisotopic (exact) mass is 375 g/mol. The molecule has 0 radical (unpaired) electrons. The second-order valence-corrected chi connectivity index (χ2v) is 6.44. The van der Waals surface area contributed by atoms with Crippen LogP contribution in [0.15, 0.2) is 36.7 Å². The van der Waals surface area contributed by atoms with Crippen LogP contribution in [0.2, 0.25) is 5.02 Å². The van der Waals surface area contributed by atoms with Crippen molar-refractivity contribution in [3.05, 3.63) is 53.3 Å². The van der Waals surface area contributed by atoms with Crippen LogP contribution in [-0.4, -0.2) is 36.1 Å². The van der Waals surface area contributed by atoms with E-state index in [0.29, 0.717) is 28.1 Å². The van der Waals surface area contributed by atoms with Gasteiger partial charge in [0.1, 0.15) is 23.8 Å². The first-order chi connectivity index (χ1) is 12.6. The fourth-order valence-corrected chi connectivity index (χ4v) is 3.20. The molecule has 5 nitrogen and oxygen atoms in total. The molecule has 1 fully saturated rings. The third-order valence-electron chi connectivity index (χ3n) is 4.34. The summed E-state index contributed by atoms with van der Waals surface area (Å²) in [7, 11) is 0. The standard InChI is InChI=1S/C18H16ClF2N5/c19-13-7-11(1-2-14(13)20)25-18-12-8-15(21)17(9-16(12)23-10-24-18)26-5-3-22-4-6-26/h1-2,7-10,22H,3-6H2,(H,23,24,25). The van der Waals surface area contributed by atoms with Gasteiger partial charge in [-0.2, -0.15) is 0 Å². The highest BCUT2D eigenvalue weighted by Gasteiger charge is 2.17. The van der Waals surface area contributed by atoms with Gasteiger partial charge >= 0.3 is 0 Å². The number of fused-ring (bicyclic) bond motifs is 1. The molecule has 26 heavy (non-hydrogen) atoms. The van der Waals surface area contributed by atoms with E-state index in [2.05, 4.69) is 20.6 Å². The van der Waals surface area contributed by atoms with Gasteiger partial charge in [0, 0.05) is 37.3 Å². The highest BCUT2D eigenvalue weighted by atomic mass is 35.5. The molecule has 0 spiro atoms. The summed E-state index contributed by atoms with van der Waals surface area (Å²) in [6.07, 6.45) is 1.41. The van der Waals surface area contributed by atoms with E-state index < -0.39 is 5.82 Å². The molecule has 2 heterocycles. The molecule has 0 amide bonds. The van der Waals surface area contributed by atoms with Crippen molar-refractivity contribution in [1.29, 1.82) is 0 Å². The molecule has 1 aromatic heterocycles. The zero-order valence-corrected chi connectivity index (χ0v) is 14.5. The molecule has 134 valence electrons. The molecule has 1 aliphatic rings. The normalized spacial score (nSPS) is 14.7. The lowest BCUT2D eigenvalue weighted by atomic mass is 10.1. The smallest absolute Gasteiger partial charge is 0.147 e. The minimum atomic E-state index is -0.503. The fraction of sp³-hybridized carbons (Fsp3) is 0.222. The summed E-state index contributed by atoms with van der Waals surface area (Å²) >= 11 is 5.81. The number of hydrogen-bond acceptors (Lipinski definition) is 5. The molecular weight excluding hydrogens is 360 g/mol. The van der Waals surface area contributed by atoms with E-state index >= 15 is 0 Å². The van der Waals surface area contributed by atoms with Gasteiger partial charge in [0.05, 0.1) is 16.2 Å². The quantitative estimate of drug-likeness (QED) is 0.730. The Labute approximate surface area is 154 Å². The maximum atomic E-state index is 14.7. The molecule has 8 heteroatoms. The third-order valence-corrected chi connectivity index (χ3v) is 4.63. The number of benzene rings is 2. The lowest BCUT2D eigenvalue weighted by molar-refractivity contribution is 0.567. The zero-order chi connectivity index (χ0) is 18.1. The number of nitrogens with one attached hydrogen (secondary N) is 2. The van der Waals surface area contributed by atoms with Crippen molar-refractivity contribution in [2.45, 2.75) is 0 Å². The minimum Gasteiger partial charge on any atom is -0.367 e. The predicted octanol–water partition coefficient (Wildman–Crippen LogP) is 3.71. The van der Waals surface area contributed by atoms with Gasteiger partial charge in [-0.05, 0) is 30.3 Å². The number of rotatable bonds is 3. The number of aromatic nitrogens is 2. The lowest BCUT2D eigenvalue weighted by Gasteiger charge is -2.29. The number of nitrogens with zero attached hydrogens (tertiary/aromatic N) is 3. The van der Waals surface area contributed by atoms with Gasteiger partial charge in [0.2, 0.25) is 0 Å². The Kier molecular flexibility index (Phi) is 4.57. The summed E-state index contributed by atoms with van der Waals surface area (Å²) in [5.41, 5.74) is 1.72. The summed E-state index contributed by atoms with van der Waals surface area (Å²) in [4.78, 5) is 10.5. The Morgan fingerprint density at radius 3 is 2.62 bits per heavy atom. The van der Waals surface area contributed by atoms with Crippen molar-refractivity contribution in [1.82, 2.24) is 15.3 Å². The van der Waals surface area contributed by atoms with Crippen LogP contribution in [0.25, 0.3) is 10.9 Å². The van der Waals surface area contributed by atoms with Crippen molar-refractivity contribution in [3.8, 4) is 0 Å². The van der Waals surface area contributed by atoms with Gasteiger partial charge in [-0.1, -0.05) is 11.6 Å². The highest BCUT2D eigenvalue weighted by molar-refractivity contribution is 6.31. The number of halogens is 3. The first kappa shape index (κ1) is 16.9. The van der Waals surface area contributed by atoms with Crippen LogP contribution in [-0.2, 0) is 0 Å². The van der Waals surface area contributed by atoms with Crippen molar-refractivity contribution in [2.75, 3.05) is 36.4 Å². The summed E-state index contributed by atoms with van der Waals surface area (Å²) in [5, 5.41) is 6.84. The van der Waals surface area contributed by atoms with Crippen molar-refractivity contribution in [3.63, 3.8) is 0 Å². The fourth-order valence-electron chi connectivity index (χ4n) is 3.02. The maximum absolute atomic E-state index is 14.7. The molecule has 4 rings (SSSR count). The number of piperazine rings is 1. The Balaban J connectivity index is 1.72. The molecule has 0 saturated carbocycles. The SMILES string of the molecule is Fc1ccc(Nc2ncnc3cc(N4CCNCC4)c(F)cc23)cc1Cl. The van der Waals surface area contributed by atoms with Crippen molar-refractivity contribution in [2.24, 2.45) is 0 Å². The van der Waals surface area contributed by atoms with Crippen LogP contribution in [0.4, 0.5) is 26.0 Å². The Morgan fingerprint density at radius 2 is 1.85 bits per heavy atom. The topological polar surface area (TPSA) is 53.1 Å². The summed E-state index contributed by atoms with van der Waals surface area (Å²) in [6.45, 7) is 3.12. The first-order valence-corrected chi connectivity index (χ1v) is 8.61. The molecule has 0 aliphatic carbocycles. The van der Waals surface area contributed by atoms with Crippen molar-refractivity contribution >= 4 is 39.7 Å². The average Bonchev–Trinajstić information content (AvgIpc) is 2.65. The lowest BCUT2D eigenvalue weighted by Crippen LogP contribution is -2.43. The molecule has 2 aromatic carbocycles. The minimum absolute atomic E-state index is 0.000497. The van der Waals surface area contributed by atoms with Gasteiger partial charge in [0.25, 0.3) is 0 Å². The van der Waals surface area contributed by atoms with Gasteiger partial charge < -0.3 is 15.5 Å².